The first-order valence-corrected chi connectivity index (χ1v) is 9.71. The second-order valence-corrected chi connectivity index (χ2v) is 7.05. The summed E-state index contributed by atoms with van der Waals surface area (Å²) in [6.07, 6.45) is -3.65. The van der Waals surface area contributed by atoms with Crippen LogP contribution in [0.5, 0.6) is 5.75 Å². The average Bonchev–Trinajstić information content (AvgIpc) is 2.74. The topological polar surface area (TPSA) is 66.0 Å². The Bertz CT molecular complexity index is 887. The van der Waals surface area contributed by atoms with Gasteiger partial charge in [-0.2, -0.15) is 13.2 Å². The zero-order valence-electron chi connectivity index (χ0n) is 18.2. The van der Waals surface area contributed by atoms with Crippen LogP contribution in [0, 0.1) is 0 Å². The smallest absolute Gasteiger partial charge is 0.422 e. The van der Waals surface area contributed by atoms with Gasteiger partial charge >= 0.3 is 6.18 Å². The summed E-state index contributed by atoms with van der Waals surface area (Å²) in [4.78, 5) is 17.8. The Morgan fingerprint density at radius 2 is 1.75 bits per heavy atom. The molecule has 6 nitrogen and oxygen atoms in total. The number of ether oxygens (including phenoxy) is 1. The fourth-order valence-corrected chi connectivity index (χ4v) is 2.72. The van der Waals surface area contributed by atoms with E-state index in [9.17, 15) is 18.0 Å². The lowest BCUT2D eigenvalue weighted by Crippen LogP contribution is -2.37. The second kappa shape index (κ2) is 13.1. The van der Waals surface area contributed by atoms with Crippen molar-refractivity contribution in [1.29, 1.82) is 0 Å². The van der Waals surface area contributed by atoms with Crippen molar-refractivity contribution in [2.45, 2.75) is 19.1 Å². The maximum absolute atomic E-state index is 12.2. The van der Waals surface area contributed by atoms with Crippen LogP contribution in [0.25, 0.3) is 0 Å². The fourth-order valence-electron chi connectivity index (χ4n) is 2.72. The van der Waals surface area contributed by atoms with Crippen molar-refractivity contribution < 1.29 is 22.7 Å². The lowest BCUT2D eigenvalue weighted by molar-refractivity contribution is -0.153. The van der Waals surface area contributed by atoms with Crippen molar-refractivity contribution in [2.24, 2.45) is 4.99 Å². The normalized spacial score (nSPS) is 11.4. The number of carbonyl (C=O) groups excluding carboxylic acids is 1. The number of hydrogen-bond acceptors (Lipinski definition) is 3. The van der Waals surface area contributed by atoms with Gasteiger partial charge in [0.2, 0.25) is 0 Å². The van der Waals surface area contributed by atoms with Gasteiger partial charge in [-0.1, -0.05) is 24.3 Å². The van der Waals surface area contributed by atoms with E-state index in [1.165, 1.54) is 17.0 Å². The van der Waals surface area contributed by atoms with Crippen molar-refractivity contribution in [1.82, 2.24) is 15.5 Å². The Balaban J connectivity index is 0.00000512. The van der Waals surface area contributed by atoms with E-state index in [4.69, 9.17) is 4.74 Å². The summed E-state index contributed by atoms with van der Waals surface area (Å²) in [5.41, 5.74) is 2.55. The Labute approximate surface area is 203 Å². The van der Waals surface area contributed by atoms with E-state index in [1.54, 1.807) is 39.3 Å². The highest BCUT2D eigenvalue weighted by atomic mass is 127. The molecule has 32 heavy (non-hydrogen) atoms. The van der Waals surface area contributed by atoms with E-state index in [1.807, 2.05) is 18.2 Å². The number of alkyl halides is 3. The predicted molar refractivity (Wildman–Crippen MR) is 130 cm³/mol. The van der Waals surface area contributed by atoms with E-state index in [0.717, 1.165) is 11.1 Å². The minimum absolute atomic E-state index is 0. The molecule has 10 heteroatoms. The molecule has 0 saturated heterocycles. The zero-order valence-corrected chi connectivity index (χ0v) is 20.5. The Morgan fingerprint density at radius 1 is 1.06 bits per heavy atom. The minimum atomic E-state index is -4.36. The molecule has 0 atom stereocenters. The molecule has 176 valence electrons. The molecule has 2 N–H and O–H groups in total. The van der Waals surface area contributed by atoms with Crippen LogP contribution in [0.15, 0.2) is 53.5 Å². The Kier molecular flexibility index (Phi) is 11.3. The van der Waals surface area contributed by atoms with Gasteiger partial charge in [0.15, 0.2) is 12.6 Å². The van der Waals surface area contributed by atoms with Crippen molar-refractivity contribution in [3.63, 3.8) is 0 Å². The number of carbonyl (C=O) groups is 1. The highest BCUT2D eigenvalue weighted by Crippen LogP contribution is 2.18. The van der Waals surface area contributed by atoms with Gasteiger partial charge in [-0.05, 0) is 41.8 Å². The molecule has 2 aromatic carbocycles. The highest BCUT2D eigenvalue weighted by molar-refractivity contribution is 14.0. The molecule has 1 amide bonds. The summed E-state index contributed by atoms with van der Waals surface area (Å²) in [6.45, 7) is -0.247. The van der Waals surface area contributed by atoms with Crippen LogP contribution in [0.2, 0.25) is 0 Å². The Morgan fingerprint density at radius 3 is 2.34 bits per heavy atom. The summed E-state index contributed by atoms with van der Waals surface area (Å²) in [7, 11) is 5.09. The predicted octanol–water partition coefficient (Wildman–Crippen LogP) is 3.86. The van der Waals surface area contributed by atoms with Gasteiger partial charge < -0.3 is 20.3 Å². The van der Waals surface area contributed by atoms with Gasteiger partial charge in [0.1, 0.15) is 5.75 Å². The number of aliphatic imine (C=N–C) groups is 1. The number of amides is 1. The van der Waals surface area contributed by atoms with Crippen molar-refractivity contribution in [3.8, 4) is 5.75 Å². The van der Waals surface area contributed by atoms with Gasteiger partial charge in [-0.15, -0.1) is 24.0 Å². The van der Waals surface area contributed by atoms with Gasteiger partial charge in [0.05, 0.1) is 0 Å². The second-order valence-electron chi connectivity index (χ2n) is 7.05. The number of benzene rings is 2. The number of rotatable bonds is 8. The first-order valence-electron chi connectivity index (χ1n) is 9.71. The molecular formula is C22H28F3IN4O2. The molecule has 0 aliphatic carbocycles. The maximum Gasteiger partial charge on any atom is 0.422 e. The van der Waals surface area contributed by atoms with Crippen LogP contribution in [-0.2, 0) is 13.0 Å². The van der Waals surface area contributed by atoms with E-state index in [2.05, 4.69) is 15.6 Å². The molecule has 0 aliphatic rings. The molecule has 0 aromatic heterocycles. The molecule has 0 radical (unpaired) electrons. The average molecular weight is 564 g/mol. The largest absolute Gasteiger partial charge is 0.484 e. The molecule has 0 fully saturated rings. The summed E-state index contributed by atoms with van der Waals surface area (Å²) in [5, 5.41) is 6.35. The van der Waals surface area contributed by atoms with Gasteiger partial charge in [0.25, 0.3) is 5.91 Å². The van der Waals surface area contributed by atoms with E-state index in [-0.39, 0.29) is 35.6 Å². The summed E-state index contributed by atoms with van der Waals surface area (Å²) >= 11 is 0. The number of hydrogen-bond donors (Lipinski definition) is 2. The molecule has 2 rings (SSSR count). The first-order chi connectivity index (χ1) is 14.7. The SMILES string of the molecule is CN=C(NCCc1cccc(C(=O)N(C)C)c1)NCc1ccc(OCC(F)(F)F)cc1.I. The van der Waals surface area contributed by atoms with Crippen LogP contribution in [0.3, 0.4) is 0 Å². The van der Waals surface area contributed by atoms with Crippen LogP contribution >= 0.6 is 24.0 Å². The number of halogens is 4. The highest BCUT2D eigenvalue weighted by Gasteiger charge is 2.28. The number of nitrogens with zero attached hydrogens (tertiary/aromatic N) is 2. The number of guanidine groups is 1. The van der Waals surface area contributed by atoms with Gasteiger partial charge in [-0.3, -0.25) is 9.79 Å². The standard InChI is InChI=1S/C22H27F3N4O2.HI/c1-26-21(27-12-11-16-5-4-6-18(13-16)20(30)29(2)3)28-14-17-7-9-19(10-8-17)31-15-22(23,24)25;/h4-10,13H,11-12,14-15H2,1-3H3,(H2,26,27,28);1H. The monoisotopic (exact) mass is 564 g/mol. The third-order valence-corrected chi connectivity index (χ3v) is 4.30. The van der Waals surface area contributed by atoms with Crippen LogP contribution in [0.4, 0.5) is 13.2 Å². The van der Waals surface area contributed by atoms with Crippen molar-refractivity contribution >= 4 is 35.8 Å². The van der Waals surface area contributed by atoms with Crippen LogP contribution in [0.1, 0.15) is 21.5 Å². The first kappa shape index (κ1) is 27.5. The van der Waals surface area contributed by atoms with Crippen molar-refractivity contribution in [2.75, 3.05) is 34.3 Å². The fraction of sp³-hybridized carbons (Fsp3) is 0.364. The van der Waals surface area contributed by atoms with Crippen molar-refractivity contribution in [3.05, 3.63) is 65.2 Å². The van der Waals surface area contributed by atoms with Crippen LogP contribution in [-0.4, -0.2) is 57.2 Å². The van der Waals surface area contributed by atoms with E-state index >= 15 is 0 Å². The maximum atomic E-state index is 12.2. The summed E-state index contributed by atoms with van der Waals surface area (Å²) in [6, 6.07) is 13.9. The zero-order chi connectivity index (χ0) is 22.9. The quantitative estimate of drug-likeness (QED) is 0.291. The summed E-state index contributed by atoms with van der Waals surface area (Å²) in [5.74, 6) is 0.721. The third-order valence-electron chi connectivity index (χ3n) is 4.30. The molecule has 0 aliphatic heterocycles. The number of nitrogens with one attached hydrogen (secondary N) is 2. The van der Waals surface area contributed by atoms with Gasteiger partial charge in [0, 0.05) is 39.8 Å². The molecular weight excluding hydrogens is 536 g/mol. The molecule has 2 aromatic rings. The third kappa shape index (κ3) is 9.75. The Hall–Kier alpha value is -2.50. The minimum Gasteiger partial charge on any atom is -0.484 e. The molecule has 0 saturated carbocycles. The lowest BCUT2D eigenvalue weighted by atomic mass is 10.1. The van der Waals surface area contributed by atoms with Gasteiger partial charge in [-0.25, -0.2) is 0 Å². The van der Waals surface area contributed by atoms with E-state index < -0.39 is 12.8 Å². The lowest BCUT2D eigenvalue weighted by Gasteiger charge is -2.14. The molecule has 0 unspecified atom stereocenters. The summed E-state index contributed by atoms with van der Waals surface area (Å²) < 4.78 is 41.3. The molecule has 0 bridgehead atoms. The van der Waals surface area contributed by atoms with E-state index in [0.29, 0.717) is 31.0 Å². The molecule has 0 heterocycles. The van der Waals surface area contributed by atoms with Crippen LogP contribution < -0.4 is 15.4 Å². The molecule has 0 spiro atoms.